The number of rotatable bonds is 3. The minimum Gasteiger partial charge on any atom is -0.392 e. The summed E-state index contributed by atoms with van der Waals surface area (Å²) in [4.78, 5) is 0.512. The summed E-state index contributed by atoms with van der Waals surface area (Å²) in [5.74, 6) is 0. The SMILES string of the molecule is Cc1nn(C)c(C)c1S(=O)(=O)N1CCCC1C(N)=S. The molecule has 2 heterocycles. The van der Waals surface area contributed by atoms with Crippen LogP contribution in [0.4, 0.5) is 0 Å². The van der Waals surface area contributed by atoms with Crippen molar-refractivity contribution in [3.05, 3.63) is 11.4 Å². The van der Waals surface area contributed by atoms with Crippen molar-refractivity contribution < 1.29 is 8.42 Å². The fourth-order valence-corrected chi connectivity index (χ4v) is 4.95. The van der Waals surface area contributed by atoms with E-state index in [1.54, 1.807) is 25.6 Å². The van der Waals surface area contributed by atoms with Gasteiger partial charge in [0.25, 0.3) is 0 Å². The average Bonchev–Trinajstić information content (AvgIpc) is 2.85. The second-order valence-corrected chi connectivity index (χ2v) is 7.10. The molecule has 2 rings (SSSR count). The number of aromatic nitrogens is 2. The molecule has 1 saturated heterocycles. The molecule has 1 aromatic heterocycles. The summed E-state index contributed by atoms with van der Waals surface area (Å²) in [7, 11) is -1.86. The van der Waals surface area contributed by atoms with Crippen LogP contribution in [0.5, 0.6) is 0 Å². The quantitative estimate of drug-likeness (QED) is 0.821. The average molecular weight is 302 g/mol. The maximum atomic E-state index is 12.8. The molecule has 1 aliphatic rings. The zero-order valence-corrected chi connectivity index (χ0v) is 12.9. The molecule has 1 atom stereocenters. The Bertz CT molecular complexity index is 621. The second-order valence-electron chi connectivity index (χ2n) is 4.80. The van der Waals surface area contributed by atoms with Crippen molar-refractivity contribution in [2.75, 3.05) is 6.54 Å². The topological polar surface area (TPSA) is 81.2 Å². The van der Waals surface area contributed by atoms with Crippen molar-refractivity contribution in [2.45, 2.75) is 37.6 Å². The highest BCUT2D eigenvalue weighted by molar-refractivity contribution is 7.89. The van der Waals surface area contributed by atoms with Gasteiger partial charge in [-0.15, -0.1) is 0 Å². The van der Waals surface area contributed by atoms with Crippen molar-refractivity contribution in [1.29, 1.82) is 0 Å². The van der Waals surface area contributed by atoms with Gasteiger partial charge in [-0.1, -0.05) is 12.2 Å². The van der Waals surface area contributed by atoms with Crippen LogP contribution in [0.2, 0.25) is 0 Å². The van der Waals surface area contributed by atoms with Crippen molar-refractivity contribution in [3.8, 4) is 0 Å². The molecule has 2 N–H and O–H groups in total. The number of aryl methyl sites for hydroxylation is 2. The monoisotopic (exact) mass is 302 g/mol. The van der Waals surface area contributed by atoms with Gasteiger partial charge < -0.3 is 5.73 Å². The van der Waals surface area contributed by atoms with Crippen LogP contribution in [0, 0.1) is 13.8 Å². The summed E-state index contributed by atoms with van der Waals surface area (Å²) < 4.78 is 28.5. The Kier molecular flexibility index (Phi) is 3.67. The van der Waals surface area contributed by atoms with Gasteiger partial charge in [-0.05, 0) is 26.7 Å². The number of sulfonamides is 1. The van der Waals surface area contributed by atoms with E-state index >= 15 is 0 Å². The molecule has 0 saturated carbocycles. The molecule has 6 nitrogen and oxygen atoms in total. The van der Waals surface area contributed by atoms with E-state index in [9.17, 15) is 8.42 Å². The third-order valence-electron chi connectivity index (χ3n) is 3.54. The largest absolute Gasteiger partial charge is 0.392 e. The molecule has 1 aromatic rings. The first-order chi connectivity index (χ1) is 8.76. The summed E-state index contributed by atoms with van der Waals surface area (Å²) in [6.45, 7) is 3.91. The first-order valence-corrected chi connectivity index (χ1v) is 7.93. The Labute approximate surface area is 118 Å². The summed E-state index contributed by atoms with van der Waals surface area (Å²) in [6, 6.07) is -0.376. The van der Waals surface area contributed by atoms with Crippen LogP contribution in [0.15, 0.2) is 4.90 Å². The lowest BCUT2D eigenvalue weighted by Crippen LogP contribution is -2.43. The van der Waals surface area contributed by atoms with E-state index in [0.717, 1.165) is 6.42 Å². The molecular formula is C11H18N4O2S2. The summed E-state index contributed by atoms with van der Waals surface area (Å²) in [5, 5.41) is 4.16. The molecule has 0 aliphatic carbocycles. The van der Waals surface area contributed by atoms with Gasteiger partial charge in [0, 0.05) is 13.6 Å². The summed E-state index contributed by atoms with van der Waals surface area (Å²) in [5.41, 5.74) is 6.79. The van der Waals surface area contributed by atoms with Crippen molar-refractivity contribution in [3.63, 3.8) is 0 Å². The highest BCUT2D eigenvalue weighted by Crippen LogP contribution is 2.29. The lowest BCUT2D eigenvalue weighted by molar-refractivity contribution is 0.445. The van der Waals surface area contributed by atoms with Gasteiger partial charge in [0.1, 0.15) is 4.90 Å². The van der Waals surface area contributed by atoms with Gasteiger partial charge >= 0.3 is 0 Å². The maximum absolute atomic E-state index is 12.8. The van der Waals surface area contributed by atoms with Gasteiger partial charge in [0.05, 0.1) is 22.4 Å². The molecule has 0 amide bonds. The third kappa shape index (κ3) is 2.28. The fraction of sp³-hybridized carbons (Fsp3) is 0.636. The number of hydrogen-bond donors (Lipinski definition) is 1. The van der Waals surface area contributed by atoms with Crippen LogP contribution in [0.3, 0.4) is 0 Å². The molecule has 1 aliphatic heterocycles. The molecule has 0 aromatic carbocycles. The van der Waals surface area contributed by atoms with Crippen LogP contribution in [-0.4, -0.2) is 40.1 Å². The lowest BCUT2D eigenvalue weighted by Gasteiger charge is -2.23. The summed E-state index contributed by atoms with van der Waals surface area (Å²) >= 11 is 4.97. The van der Waals surface area contributed by atoms with E-state index in [4.69, 9.17) is 18.0 Å². The highest BCUT2D eigenvalue weighted by Gasteiger charge is 2.39. The number of nitrogens with two attached hydrogens (primary N) is 1. The van der Waals surface area contributed by atoms with E-state index in [1.165, 1.54) is 4.31 Å². The molecule has 1 fully saturated rings. The van der Waals surface area contributed by atoms with Crippen molar-refractivity contribution in [2.24, 2.45) is 12.8 Å². The van der Waals surface area contributed by atoms with Crippen LogP contribution >= 0.6 is 12.2 Å². The van der Waals surface area contributed by atoms with E-state index < -0.39 is 10.0 Å². The Morgan fingerprint density at radius 1 is 1.47 bits per heavy atom. The lowest BCUT2D eigenvalue weighted by atomic mass is 10.2. The van der Waals surface area contributed by atoms with Gasteiger partial charge in [0.15, 0.2) is 0 Å². The smallest absolute Gasteiger partial charge is 0.247 e. The molecule has 0 bridgehead atoms. The Morgan fingerprint density at radius 2 is 2.11 bits per heavy atom. The van der Waals surface area contributed by atoms with Crippen LogP contribution < -0.4 is 5.73 Å². The second kappa shape index (κ2) is 4.84. The molecule has 0 radical (unpaired) electrons. The number of nitrogens with zero attached hydrogens (tertiary/aromatic N) is 3. The molecule has 8 heteroatoms. The zero-order chi connectivity index (χ0) is 14.4. The van der Waals surface area contributed by atoms with E-state index in [0.29, 0.717) is 24.4 Å². The molecule has 0 spiro atoms. The maximum Gasteiger partial charge on any atom is 0.247 e. The Morgan fingerprint density at radius 3 is 2.58 bits per heavy atom. The van der Waals surface area contributed by atoms with Gasteiger partial charge in [-0.25, -0.2) is 8.42 Å². The van der Waals surface area contributed by atoms with Crippen molar-refractivity contribution >= 4 is 27.2 Å². The van der Waals surface area contributed by atoms with Gasteiger partial charge in [-0.3, -0.25) is 4.68 Å². The normalized spacial score (nSPS) is 20.9. The Balaban J connectivity index is 2.51. The first kappa shape index (κ1) is 14.4. The van der Waals surface area contributed by atoms with Crippen LogP contribution in [0.25, 0.3) is 0 Å². The molecule has 1 unspecified atom stereocenters. The van der Waals surface area contributed by atoms with Crippen LogP contribution in [0.1, 0.15) is 24.2 Å². The molecule has 106 valence electrons. The molecular weight excluding hydrogens is 284 g/mol. The van der Waals surface area contributed by atoms with E-state index in [1.807, 2.05) is 0 Å². The predicted octanol–water partition coefficient (Wildman–Crippen LogP) is 0.476. The van der Waals surface area contributed by atoms with E-state index in [-0.39, 0.29) is 15.9 Å². The number of thiocarbonyl (C=S) groups is 1. The third-order valence-corrected chi connectivity index (χ3v) is 5.97. The minimum atomic E-state index is -3.59. The molecule has 19 heavy (non-hydrogen) atoms. The number of hydrogen-bond acceptors (Lipinski definition) is 4. The minimum absolute atomic E-state index is 0.236. The summed E-state index contributed by atoms with van der Waals surface area (Å²) in [6.07, 6.45) is 1.46. The Hall–Kier alpha value is -0.990. The first-order valence-electron chi connectivity index (χ1n) is 6.08. The predicted molar refractivity (Wildman–Crippen MR) is 76.4 cm³/mol. The van der Waals surface area contributed by atoms with Gasteiger partial charge in [-0.2, -0.15) is 9.40 Å². The fourth-order valence-electron chi connectivity index (χ4n) is 2.56. The van der Waals surface area contributed by atoms with E-state index in [2.05, 4.69) is 5.10 Å². The van der Waals surface area contributed by atoms with Crippen LogP contribution in [-0.2, 0) is 17.1 Å². The zero-order valence-electron chi connectivity index (χ0n) is 11.3. The van der Waals surface area contributed by atoms with Crippen molar-refractivity contribution in [1.82, 2.24) is 14.1 Å². The highest BCUT2D eigenvalue weighted by atomic mass is 32.2. The van der Waals surface area contributed by atoms with Gasteiger partial charge in [0.2, 0.25) is 10.0 Å². The standard InChI is InChI=1S/C11H18N4O2S2/c1-7-10(8(2)14(3)13-7)19(16,17)15-6-4-5-9(15)11(12)18/h9H,4-6H2,1-3H3,(H2,12,18).